The Morgan fingerprint density at radius 2 is 2.19 bits per heavy atom. The van der Waals surface area contributed by atoms with Crippen LogP contribution in [0, 0.1) is 11.6 Å². The lowest BCUT2D eigenvalue weighted by atomic mass is 10.2. The van der Waals surface area contributed by atoms with E-state index in [9.17, 15) is 13.6 Å². The third kappa shape index (κ3) is 4.39. The topological polar surface area (TPSA) is 49.8 Å². The van der Waals surface area contributed by atoms with Crippen LogP contribution in [0.2, 0.25) is 0 Å². The average Bonchev–Trinajstić information content (AvgIpc) is 2.47. The number of benzene rings is 1. The lowest BCUT2D eigenvalue weighted by Crippen LogP contribution is -2.50. The van der Waals surface area contributed by atoms with Crippen molar-refractivity contribution in [3.8, 4) is 0 Å². The molecule has 4 nitrogen and oxygen atoms in total. The van der Waals surface area contributed by atoms with Gasteiger partial charge in [0.2, 0.25) is 5.91 Å². The zero-order chi connectivity index (χ0) is 15.4. The molecule has 1 amide bonds. The second-order valence-electron chi connectivity index (χ2n) is 4.91. The van der Waals surface area contributed by atoms with Gasteiger partial charge in [0.1, 0.15) is 0 Å². The molecule has 2 unspecified atom stereocenters. The number of thioether (sulfide) groups is 1. The predicted octanol–water partition coefficient (Wildman–Crippen LogP) is 1.67. The summed E-state index contributed by atoms with van der Waals surface area (Å²) >= 11 is 1.15. The van der Waals surface area contributed by atoms with Crippen LogP contribution in [-0.4, -0.2) is 53.6 Å². The van der Waals surface area contributed by atoms with Crippen LogP contribution in [0.1, 0.15) is 6.92 Å². The summed E-state index contributed by atoms with van der Waals surface area (Å²) in [6.07, 6.45) is -0.501. The highest BCUT2D eigenvalue weighted by Crippen LogP contribution is 2.21. The summed E-state index contributed by atoms with van der Waals surface area (Å²) in [5.74, 6) is -1.81. The van der Waals surface area contributed by atoms with Gasteiger partial charge >= 0.3 is 0 Å². The number of nitrogens with zero attached hydrogens (tertiary/aromatic N) is 1. The second kappa shape index (κ2) is 7.20. The second-order valence-corrected chi connectivity index (χ2v) is 5.96. The van der Waals surface area contributed by atoms with Crippen LogP contribution in [0.15, 0.2) is 23.1 Å². The van der Waals surface area contributed by atoms with E-state index in [2.05, 4.69) is 0 Å². The zero-order valence-electron chi connectivity index (χ0n) is 11.6. The Morgan fingerprint density at radius 3 is 2.86 bits per heavy atom. The van der Waals surface area contributed by atoms with Crippen molar-refractivity contribution < 1.29 is 23.4 Å². The Hall–Kier alpha value is -1.18. The molecular formula is C14H17F2NO3S. The molecular weight excluding hydrogens is 300 g/mol. The minimum absolute atomic E-state index is 0.113. The molecule has 0 saturated carbocycles. The SMILES string of the molecule is CC1CN(C(=O)CSc2ccc(F)c(F)c2)CC(CO)O1. The first-order valence-electron chi connectivity index (χ1n) is 6.61. The third-order valence-electron chi connectivity index (χ3n) is 3.14. The molecule has 1 N–H and O–H groups in total. The fraction of sp³-hybridized carbons (Fsp3) is 0.500. The molecule has 1 aromatic rings. The highest BCUT2D eigenvalue weighted by Gasteiger charge is 2.27. The Labute approximate surface area is 126 Å². The quantitative estimate of drug-likeness (QED) is 0.858. The van der Waals surface area contributed by atoms with Crippen molar-refractivity contribution in [3.05, 3.63) is 29.8 Å². The molecule has 0 radical (unpaired) electrons. The molecule has 21 heavy (non-hydrogen) atoms. The molecule has 1 fully saturated rings. The molecule has 7 heteroatoms. The van der Waals surface area contributed by atoms with Gasteiger partial charge in [0.05, 0.1) is 24.6 Å². The number of amides is 1. The predicted molar refractivity (Wildman–Crippen MR) is 75.1 cm³/mol. The number of aliphatic hydroxyl groups excluding tert-OH is 1. The van der Waals surface area contributed by atoms with Gasteiger partial charge in [-0.25, -0.2) is 8.78 Å². The molecule has 1 saturated heterocycles. The molecule has 0 spiro atoms. The van der Waals surface area contributed by atoms with Gasteiger partial charge in [-0.3, -0.25) is 4.79 Å². The van der Waals surface area contributed by atoms with Gasteiger partial charge in [0.25, 0.3) is 0 Å². The van der Waals surface area contributed by atoms with Crippen LogP contribution in [-0.2, 0) is 9.53 Å². The number of aliphatic hydroxyl groups is 1. The smallest absolute Gasteiger partial charge is 0.233 e. The van der Waals surface area contributed by atoms with Crippen molar-refractivity contribution in [2.45, 2.75) is 24.0 Å². The maximum atomic E-state index is 13.1. The van der Waals surface area contributed by atoms with Crippen LogP contribution in [0.4, 0.5) is 8.78 Å². The number of hydrogen-bond acceptors (Lipinski definition) is 4. The molecule has 1 aliphatic heterocycles. The molecule has 2 atom stereocenters. The Bertz CT molecular complexity index is 515. The van der Waals surface area contributed by atoms with Crippen molar-refractivity contribution in [3.63, 3.8) is 0 Å². The standard InChI is InChI=1S/C14H17F2NO3S/c1-9-5-17(6-10(7-18)20-9)14(19)8-21-11-2-3-12(15)13(16)4-11/h2-4,9-10,18H,5-8H2,1H3. The zero-order valence-corrected chi connectivity index (χ0v) is 12.4. The summed E-state index contributed by atoms with van der Waals surface area (Å²) in [4.78, 5) is 14.3. The van der Waals surface area contributed by atoms with E-state index in [4.69, 9.17) is 9.84 Å². The van der Waals surface area contributed by atoms with Crippen molar-refractivity contribution in [1.29, 1.82) is 0 Å². The van der Waals surface area contributed by atoms with Gasteiger partial charge in [-0.1, -0.05) is 0 Å². The highest BCUT2D eigenvalue weighted by molar-refractivity contribution is 8.00. The number of morpholine rings is 1. The van der Waals surface area contributed by atoms with Crippen LogP contribution in [0.5, 0.6) is 0 Å². The van der Waals surface area contributed by atoms with E-state index in [1.165, 1.54) is 6.07 Å². The molecule has 0 bridgehead atoms. The Morgan fingerprint density at radius 1 is 1.43 bits per heavy atom. The van der Waals surface area contributed by atoms with Crippen molar-refractivity contribution in [2.24, 2.45) is 0 Å². The van der Waals surface area contributed by atoms with Crippen molar-refractivity contribution in [1.82, 2.24) is 4.90 Å². The van der Waals surface area contributed by atoms with E-state index < -0.39 is 11.6 Å². The minimum Gasteiger partial charge on any atom is -0.394 e. The van der Waals surface area contributed by atoms with Crippen LogP contribution >= 0.6 is 11.8 Å². The summed E-state index contributed by atoms with van der Waals surface area (Å²) in [5, 5.41) is 9.13. The van der Waals surface area contributed by atoms with E-state index in [1.807, 2.05) is 6.92 Å². The fourth-order valence-electron chi connectivity index (χ4n) is 2.15. The van der Waals surface area contributed by atoms with Gasteiger partial charge < -0.3 is 14.7 Å². The first-order chi connectivity index (χ1) is 9.99. The molecule has 0 aromatic heterocycles. The van der Waals surface area contributed by atoms with E-state index in [-0.39, 0.29) is 30.5 Å². The van der Waals surface area contributed by atoms with Gasteiger partial charge in [-0.05, 0) is 25.1 Å². The first-order valence-corrected chi connectivity index (χ1v) is 7.60. The Kier molecular flexibility index (Phi) is 5.55. The molecule has 1 aromatic carbocycles. The van der Waals surface area contributed by atoms with Crippen LogP contribution < -0.4 is 0 Å². The number of ether oxygens (including phenoxy) is 1. The number of hydrogen-bond donors (Lipinski definition) is 1. The van der Waals surface area contributed by atoms with Gasteiger partial charge in [0, 0.05) is 18.0 Å². The summed E-state index contributed by atoms with van der Waals surface area (Å²) in [6, 6.07) is 3.56. The first kappa shape index (κ1) is 16.2. The Balaban J connectivity index is 1.90. The summed E-state index contributed by atoms with van der Waals surface area (Å²) in [5.41, 5.74) is 0. The van der Waals surface area contributed by atoms with Crippen molar-refractivity contribution in [2.75, 3.05) is 25.4 Å². The number of halogens is 2. The number of carbonyl (C=O) groups excluding carboxylic acids is 1. The molecule has 1 heterocycles. The largest absolute Gasteiger partial charge is 0.394 e. The minimum atomic E-state index is -0.923. The van der Waals surface area contributed by atoms with Gasteiger partial charge in [-0.2, -0.15) is 0 Å². The number of carbonyl (C=O) groups is 1. The highest BCUT2D eigenvalue weighted by atomic mass is 32.2. The monoisotopic (exact) mass is 317 g/mol. The van der Waals surface area contributed by atoms with Crippen molar-refractivity contribution >= 4 is 17.7 Å². The lowest BCUT2D eigenvalue weighted by Gasteiger charge is -2.36. The molecule has 1 aliphatic rings. The van der Waals surface area contributed by atoms with Gasteiger partial charge in [0.15, 0.2) is 11.6 Å². The molecule has 116 valence electrons. The summed E-state index contributed by atoms with van der Waals surface area (Å²) < 4.78 is 31.4. The maximum Gasteiger partial charge on any atom is 0.233 e. The maximum absolute atomic E-state index is 13.1. The van der Waals surface area contributed by atoms with E-state index in [1.54, 1.807) is 4.90 Å². The van der Waals surface area contributed by atoms with Crippen LogP contribution in [0.25, 0.3) is 0 Å². The normalized spacial score (nSPS) is 22.4. The number of rotatable bonds is 4. The van der Waals surface area contributed by atoms with Gasteiger partial charge in [-0.15, -0.1) is 11.8 Å². The summed E-state index contributed by atoms with van der Waals surface area (Å²) in [6.45, 7) is 2.51. The fourth-order valence-corrected chi connectivity index (χ4v) is 2.98. The average molecular weight is 317 g/mol. The lowest BCUT2D eigenvalue weighted by molar-refractivity contribution is -0.144. The molecule has 2 rings (SSSR count). The van der Waals surface area contributed by atoms with Crippen LogP contribution in [0.3, 0.4) is 0 Å². The van der Waals surface area contributed by atoms with E-state index >= 15 is 0 Å². The van der Waals surface area contributed by atoms with E-state index in [0.717, 1.165) is 23.9 Å². The van der Waals surface area contributed by atoms with E-state index in [0.29, 0.717) is 18.0 Å². The molecule has 0 aliphatic carbocycles. The third-order valence-corrected chi connectivity index (χ3v) is 4.11. The summed E-state index contributed by atoms with van der Waals surface area (Å²) in [7, 11) is 0.